The fourth-order valence-electron chi connectivity index (χ4n) is 1.14. The van der Waals surface area contributed by atoms with Gasteiger partial charge < -0.3 is 0 Å². The molecule has 1 aliphatic heterocycles. The van der Waals surface area contributed by atoms with Gasteiger partial charge in [0, 0.05) is 10.8 Å². The summed E-state index contributed by atoms with van der Waals surface area (Å²) >= 11 is 8.77. The second-order valence-corrected chi connectivity index (χ2v) is 5.71. The zero-order valence-corrected chi connectivity index (χ0v) is 9.88. The Morgan fingerprint density at radius 2 is 2.36 bits per heavy atom. The quantitative estimate of drug-likeness (QED) is 0.750. The van der Waals surface area contributed by atoms with Crippen LogP contribution in [0.3, 0.4) is 0 Å². The Hall–Kier alpha value is -0.320. The monoisotopic (exact) mass is 245 g/mol. The van der Waals surface area contributed by atoms with Crippen molar-refractivity contribution < 1.29 is 4.79 Å². The highest BCUT2D eigenvalue weighted by atomic mass is 35.5. The number of thiophene rings is 1. The minimum Gasteiger partial charge on any atom is -0.271 e. The van der Waals surface area contributed by atoms with E-state index in [1.54, 1.807) is 11.3 Å². The van der Waals surface area contributed by atoms with Crippen molar-refractivity contribution in [2.75, 3.05) is 5.88 Å². The normalized spacial score (nSPS) is 21.4. The molecule has 1 unspecified atom stereocenters. The van der Waals surface area contributed by atoms with Crippen LogP contribution in [-0.2, 0) is 4.79 Å². The third-order valence-electron chi connectivity index (χ3n) is 1.83. The lowest BCUT2D eigenvalue weighted by molar-refractivity contribution is -0.116. The van der Waals surface area contributed by atoms with Crippen LogP contribution in [0.25, 0.3) is 0 Å². The highest BCUT2D eigenvalue weighted by Gasteiger charge is 2.28. The lowest BCUT2D eigenvalue weighted by Gasteiger charge is -1.98. The molecule has 14 heavy (non-hydrogen) atoms. The van der Waals surface area contributed by atoms with Crippen molar-refractivity contribution in [2.24, 2.45) is 4.99 Å². The number of alkyl halides is 1. The predicted molar refractivity (Wildman–Crippen MR) is 62.7 cm³/mol. The van der Waals surface area contributed by atoms with E-state index in [-0.39, 0.29) is 11.2 Å². The van der Waals surface area contributed by atoms with Gasteiger partial charge in [-0.1, -0.05) is 11.8 Å². The molecule has 0 spiro atoms. The van der Waals surface area contributed by atoms with Gasteiger partial charge in [-0.25, -0.2) is 4.99 Å². The number of thioether (sulfide) groups is 1. The van der Waals surface area contributed by atoms with E-state index in [1.807, 2.05) is 19.1 Å². The number of carbonyl (C=O) groups is 1. The molecule has 1 amide bonds. The number of halogens is 1. The molecule has 5 heteroatoms. The van der Waals surface area contributed by atoms with Gasteiger partial charge in [0.05, 0.1) is 4.88 Å². The van der Waals surface area contributed by atoms with Crippen LogP contribution in [-0.4, -0.2) is 22.1 Å². The number of nitrogens with zero attached hydrogens (tertiary/aromatic N) is 1. The van der Waals surface area contributed by atoms with Crippen LogP contribution in [0.5, 0.6) is 0 Å². The fraction of sp³-hybridized carbons (Fsp3) is 0.333. The Balaban J connectivity index is 2.22. The zero-order valence-electron chi connectivity index (χ0n) is 7.49. The van der Waals surface area contributed by atoms with E-state index in [0.29, 0.717) is 5.88 Å². The first-order valence-corrected chi connectivity index (χ1v) is 6.35. The van der Waals surface area contributed by atoms with E-state index in [1.165, 1.54) is 16.6 Å². The van der Waals surface area contributed by atoms with Crippen molar-refractivity contribution in [1.82, 2.24) is 0 Å². The molecule has 0 bridgehead atoms. The van der Waals surface area contributed by atoms with Crippen LogP contribution in [0.1, 0.15) is 9.75 Å². The second kappa shape index (κ2) is 4.04. The molecule has 0 saturated heterocycles. The highest BCUT2D eigenvalue weighted by Crippen LogP contribution is 2.30. The summed E-state index contributed by atoms with van der Waals surface area (Å²) in [5.41, 5.74) is 0. The van der Waals surface area contributed by atoms with Crippen molar-refractivity contribution in [3.8, 4) is 0 Å². The summed E-state index contributed by atoms with van der Waals surface area (Å²) in [7, 11) is 0. The van der Waals surface area contributed by atoms with Crippen molar-refractivity contribution in [3.05, 3.63) is 21.9 Å². The van der Waals surface area contributed by atoms with E-state index in [4.69, 9.17) is 11.6 Å². The number of amides is 1. The summed E-state index contributed by atoms with van der Waals surface area (Å²) < 4.78 is 0. The molecule has 2 heterocycles. The summed E-state index contributed by atoms with van der Waals surface area (Å²) in [5, 5.41) is 0.632. The highest BCUT2D eigenvalue weighted by molar-refractivity contribution is 8.16. The molecule has 0 aliphatic carbocycles. The molecule has 1 aromatic rings. The summed E-state index contributed by atoms with van der Waals surface area (Å²) in [6, 6.07) is 4.03. The molecule has 0 aromatic carbocycles. The van der Waals surface area contributed by atoms with Gasteiger partial charge >= 0.3 is 0 Å². The SMILES string of the molecule is Cc1ccc(C2=NC(=O)C(CCl)S2)s1. The van der Waals surface area contributed by atoms with Gasteiger partial charge in [-0.05, 0) is 19.1 Å². The van der Waals surface area contributed by atoms with Gasteiger partial charge in [-0.15, -0.1) is 22.9 Å². The smallest absolute Gasteiger partial charge is 0.261 e. The largest absolute Gasteiger partial charge is 0.271 e. The van der Waals surface area contributed by atoms with Crippen LogP contribution in [0.15, 0.2) is 17.1 Å². The number of carbonyl (C=O) groups excluding carboxylic acids is 1. The molecule has 0 N–H and O–H groups in total. The van der Waals surface area contributed by atoms with E-state index < -0.39 is 0 Å². The Morgan fingerprint density at radius 1 is 1.57 bits per heavy atom. The minimum atomic E-state index is -0.186. The third kappa shape index (κ3) is 1.87. The lowest BCUT2D eigenvalue weighted by Crippen LogP contribution is -2.11. The molecule has 1 aromatic heterocycles. The number of hydrogen-bond donors (Lipinski definition) is 0. The molecule has 0 radical (unpaired) electrons. The Morgan fingerprint density at radius 3 is 2.86 bits per heavy atom. The summed E-state index contributed by atoms with van der Waals surface area (Å²) in [6.07, 6.45) is 0. The number of aryl methyl sites for hydroxylation is 1. The maximum absolute atomic E-state index is 11.3. The summed E-state index contributed by atoms with van der Waals surface area (Å²) in [6.45, 7) is 2.04. The van der Waals surface area contributed by atoms with Crippen LogP contribution in [0.2, 0.25) is 0 Å². The van der Waals surface area contributed by atoms with E-state index in [2.05, 4.69) is 4.99 Å². The molecule has 2 nitrogen and oxygen atoms in total. The minimum absolute atomic E-state index is 0.106. The van der Waals surface area contributed by atoms with Crippen LogP contribution >= 0.6 is 34.7 Å². The second-order valence-electron chi connectivity index (χ2n) is 2.93. The molecule has 1 atom stereocenters. The van der Waals surface area contributed by atoms with E-state index in [0.717, 1.165) is 9.92 Å². The summed E-state index contributed by atoms with van der Waals surface area (Å²) in [4.78, 5) is 17.6. The Labute approximate surface area is 95.4 Å². The van der Waals surface area contributed by atoms with Crippen molar-refractivity contribution in [2.45, 2.75) is 12.2 Å². The zero-order chi connectivity index (χ0) is 10.1. The van der Waals surface area contributed by atoms with Gasteiger partial charge in [0.25, 0.3) is 5.91 Å². The van der Waals surface area contributed by atoms with Crippen molar-refractivity contribution in [1.29, 1.82) is 0 Å². The maximum Gasteiger partial charge on any atom is 0.261 e. The number of hydrogen-bond acceptors (Lipinski definition) is 3. The Kier molecular flexibility index (Phi) is 2.95. The fourth-order valence-corrected chi connectivity index (χ4v) is 3.30. The molecular weight excluding hydrogens is 238 g/mol. The first-order valence-electron chi connectivity index (χ1n) is 4.12. The Bertz CT molecular complexity index is 399. The van der Waals surface area contributed by atoms with Crippen molar-refractivity contribution in [3.63, 3.8) is 0 Å². The van der Waals surface area contributed by atoms with Crippen LogP contribution in [0.4, 0.5) is 0 Å². The number of rotatable bonds is 2. The first kappa shape index (κ1) is 10.2. The molecule has 74 valence electrons. The van der Waals surface area contributed by atoms with Crippen LogP contribution < -0.4 is 0 Å². The molecule has 0 fully saturated rings. The average Bonchev–Trinajstić information content (AvgIpc) is 2.71. The summed E-state index contributed by atoms with van der Waals surface area (Å²) in [5.74, 6) is 0.229. The molecular formula is C9H8ClNOS2. The van der Waals surface area contributed by atoms with Gasteiger partial charge in [-0.2, -0.15) is 0 Å². The first-order chi connectivity index (χ1) is 6.70. The average molecular weight is 246 g/mol. The third-order valence-corrected chi connectivity index (χ3v) is 4.65. The topological polar surface area (TPSA) is 29.4 Å². The van der Waals surface area contributed by atoms with Gasteiger partial charge in [0.2, 0.25) is 0 Å². The van der Waals surface area contributed by atoms with Gasteiger partial charge in [0.15, 0.2) is 0 Å². The molecule has 1 aliphatic rings. The van der Waals surface area contributed by atoms with E-state index in [9.17, 15) is 4.79 Å². The molecule has 2 rings (SSSR count). The van der Waals surface area contributed by atoms with E-state index >= 15 is 0 Å². The van der Waals surface area contributed by atoms with Crippen LogP contribution in [0, 0.1) is 6.92 Å². The number of aliphatic imine (C=N–C) groups is 1. The predicted octanol–water partition coefficient (Wildman–Crippen LogP) is 2.68. The van der Waals surface area contributed by atoms with Gasteiger partial charge in [0.1, 0.15) is 10.3 Å². The van der Waals surface area contributed by atoms with Gasteiger partial charge in [-0.3, -0.25) is 4.79 Å². The maximum atomic E-state index is 11.3. The standard InChI is InChI=1S/C9H8ClNOS2/c1-5-2-3-6(13-5)9-11-8(12)7(4-10)14-9/h2-3,7H,4H2,1H3. The lowest BCUT2D eigenvalue weighted by atomic mass is 10.4. The molecule has 0 saturated carbocycles. The van der Waals surface area contributed by atoms with Crippen molar-refractivity contribution >= 4 is 45.7 Å².